The number of ether oxygens (including phenoxy) is 3. The van der Waals surface area contributed by atoms with Crippen LogP contribution in [-0.2, 0) is 28.6 Å². The van der Waals surface area contributed by atoms with Gasteiger partial charge in [-0.1, -0.05) is 184 Å². The molecule has 67 heavy (non-hydrogen) atoms. The first-order valence-corrected chi connectivity index (χ1v) is 29.6. The van der Waals surface area contributed by atoms with Crippen molar-refractivity contribution in [3.8, 4) is 0 Å². The Balaban J connectivity index is 1.91. The summed E-state index contributed by atoms with van der Waals surface area (Å²) in [7, 11) is 0. The zero-order valence-corrected chi connectivity index (χ0v) is 46.0. The Morgan fingerprint density at radius 1 is 0.448 bits per heavy atom. The van der Waals surface area contributed by atoms with Crippen LogP contribution >= 0.6 is 0 Å². The molecule has 2 saturated carbocycles. The molecule has 394 valence electrons. The molecule has 6 atom stereocenters. The lowest BCUT2D eigenvalue weighted by Gasteiger charge is -2.58. The first kappa shape index (κ1) is 61.5. The zero-order valence-electron chi connectivity index (χ0n) is 46.0. The smallest absolute Gasteiger partial charge is 0.305 e. The molecule has 0 saturated heterocycles. The first-order valence-electron chi connectivity index (χ1n) is 29.6. The van der Waals surface area contributed by atoms with Crippen molar-refractivity contribution in [2.24, 2.45) is 34.0 Å². The largest absolute Gasteiger partial charge is 0.466 e. The summed E-state index contributed by atoms with van der Waals surface area (Å²) in [5.41, 5.74) is 0.635. The van der Waals surface area contributed by atoms with Gasteiger partial charge in [0.2, 0.25) is 0 Å². The molecule has 0 N–H and O–H groups in total. The second-order valence-electron chi connectivity index (χ2n) is 23.3. The quantitative estimate of drug-likeness (QED) is 0.0342. The average Bonchev–Trinajstić information content (AvgIpc) is 3.29. The maximum Gasteiger partial charge on any atom is 0.305 e. The summed E-state index contributed by atoms with van der Waals surface area (Å²) in [4.78, 5) is 40.8. The van der Waals surface area contributed by atoms with Gasteiger partial charge in [0.05, 0.1) is 19.8 Å². The highest BCUT2D eigenvalue weighted by atomic mass is 16.5. The van der Waals surface area contributed by atoms with Crippen LogP contribution in [0, 0.1) is 34.0 Å². The van der Waals surface area contributed by atoms with Gasteiger partial charge in [-0.25, -0.2) is 0 Å². The molecule has 2 fully saturated rings. The fourth-order valence-corrected chi connectivity index (χ4v) is 13.2. The van der Waals surface area contributed by atoms with Crippen molar-refractivity contribution in [3.05, 3.63) is 0 Å². The van der Waals surface area contributed by atoms with E-state index in [1.54, 1.807) is 0 Å². The van der Waals surface area contributed by atoms with Gasteiger partial charge in [0.15, 0.2) is 0 Å². The Kier molecular flexibility index (Phi) is 34.1. The zero-order chi connectivity index (χ0) is 49.1. The maximum atomic E-state index is 13.0. The molecule has 0 aliphatic heterocycles. The van der Waals surface area contributed by atoms with Crippen molar-refractivity contribution in [2.45, 2.75) is 293 Å². The first-order chi connectivity index (χ1) is 32.4. The molecular weight excluding hydrogens is 831 g/mol. The van der Waals surface area contributed by atoms with E-state index in [1.807, 2.05) is 0 Å². The molecule has 7 nitrogen and oxygen atoms in total. The SMILES string of the molecule is CCCCCCC(CCCC)CCCCC(=O)OCCCC1(C)CC2CC(C)(CCCOC(=O)CCCN(CC)CC)CC(CCCOC(=O)CCCCC(CCCC)CCCCCC)(C2)C1. The van der Waals surface area contributed by atoms with Crippen LogP contribution < -0.4 is 0 Å². The van der Waals surface area contributed by atoms with Gasteiger partial charge in [-0.3, -0.25) is 14.4 Å². The third kappa shape index (κ3) is 28.7. The molecule has 0 spiro atoms. The average molecular weight is 945 g/mol. The molecule has 2 aliphatic rings. The van der Waals surface area contributed by atoms with E-state index in [0.717, 1.165) is 102 Å². The van der Waals surface area contributed by atoms with Gasteiger partial charge in [-0.05, 0) is 144 Å². The Hall–Kier alpha value is -1.63. The van der Waals surface area contributed by atoms with Crippen LogP contribution in [0.3, 0.4) is 0 Å². The Morgan fingerprint density at radius 3 is 1.22 bits per heavy atom. The molecule has 0 heterocycles. The number of fused-ring (bicyclic) bond motifs is 2. The highest BCUT2D eigenvalue weighted by molar-refractivity contribution is 5.69. The summed E-state index contributed by atoms with van der Waals surface area (Å²) < 4.78 is 17.6. The number of carbonyl (C=O) groups is 3. The van der Waals surface area contributed by atoms with Gasteiger partial charge in [-0.15, -0.1) is 0 Å². The number of nitrogens with zero attached hydrogens (tertiary/aromatic N) is 1. The molecule has 0 aromatic heterocycles. The molecule has 2 aliphatic carbocycles. The van der Waals surface area contributed by atoms with Crippen molar-refractivity contribution in [1.82, 2.24) is 4.90 Å². The van der Waals surface area contributed by atoms with E-state index in [-0.39, 0.29) is 34.2 Å². The number of unbranched alkanes of at least 4 members (excludes halogenated alkanes) is 10. The maximum absolute atomic E-state index is 13.0. The monoisotopic (exact) mass is 944 g/mol. The summed E-state index contributed by atoms with van der Waals surface area (Å²) in [6.07, 6.45) is 42.5. The molecule has 2 bridgehead atoms. The van der Waals surface area contributed by atoms with Gasteiger partial charge in [0.1, 0.15) is 0 Å². The lowest BCUT2D eigenvalue weighted by atomic mass is 9.47. The van der Waals surface area contributed by atoms with Crippen LogP contribution in [0.4, 0.5) is 0 Å². The minimum absolute atomic E-state index is 0.0141. The summed E-state index contributed by atoms with van der Waals surface area (Å²) in [5, 5.41) is 0. The number of esters is 3. The predicted molar refractivity (Wildman–Crippen MR) is 283 cm³/mol. The van der Waals surface area contributed by atoms with Crippen molar-refractivity contribution in [1.29, 1.82) is 0 Å². The Morgan fingerprint density at radius 2 is 0.821 bits per heavy atom. The highest BCUT2D eigenvalue weighted by Crippen LogP contribution is 2.64. The minimum Gasteiger partial charge on any atom is -0.466 e. The van der Waals surface area contributed by atoms with Crippen LogP contribution in [0.1, 0.15) is 293 Å². The standard InChI is InChI=1S/C60H113NO6/c1-9-15-19-21-33-52(31-17-11-3)35-23-25-37-55(62)65-44-28-40-58(7)47-54-48-59(8,41-29-45-66-57(64)39-27-43-61(13-5)14-6)51-60(49-54,50-58)42-30-46-67-56(63)38-26-24-36-53(32-18-12-4)34-22-20-16-10-2/h52-54H,9-51H2,1-8H3. The van der Waals surface area contributed by atoms with Crippen LogP contribution in [0.15, 0.2) is 0 Å². The second kappa shape index (κ2) is 37.2. The van der Waals surface area contributed by atoms with E-state index in [2.05, 4.69) is 60.3 Å². The molecule has 7 heteroatoms. The van der Waals surface area contributed by atoms with Gasteiger partial charge in [-0.2, -0.15) is 0 Å². The lowest BCUT2D eigenvalue weighted by molar-refractivity contribution is -0.145. The fourth-order valence-electron chi connectivity index (χ4n) is 13.2. The van der Waals surface area contributed by atoms with Crippen LogP contribution in [0.5, 0.6) is 0 Å². The summed E-state index contributed by atoms with van der Waals surface area (Å²) >= 11 is 0. The molecule has 6 unspecified atom stereocenters. The number of rotatable bonds is 44. The molecule has 0 amide bonds. The molecule has 2 rings (SSSR count). The van der Waals surface area contributed by atoms with E-state index in [0.29, 0.717) is 45.0 Å². The molecule has 0 aromatic rings. The van der Waals surface area contributed by atoms with Gasteiger partial charge in [0, 0.05) is 19.3 Å². The number of hydrogen-bond donors (Lipinski definition) is 0. The minimum atomic E-state index is -0.0568. The van der Waals surface area contributed by atoms with Gasteiger partial charge >= 0.3 is 17.9 Å². The molecular formula is C60H113NO6. The van der Waals surface area contributed by atoms with Crippen molar-refractivity contribution < 1.29 is 28.6 Å². The van der Waals surface area contributed by atoms with E-state index >= 15 is 0 Å². The fraction of sp³-hybridized carbons (Fsp3) is 0.950. The normalized spacial score (nSPS) is 22.4. The summed E-state index contributed by atoms with van der Waals surface area (Å²) in [6.45, 7) is 23.1. The van der Waals surface area contributed by atoms with E-state index in [1.165, 1.54) is 148 Å². The van der Waals surface area contributed by atoms with E-state index in [9.17, 15) is 14.4 Å². The Bertz CT molecular complexity index is 1250. The van der Waals surface area contributed by atoms with Gasteiger partial charge < -0.3 is 19.1 Å². The predicted octanol–water partition coefficient (Wildman–Crippen LogP) is 17.3. The number of hydrogen-bond acceptors (Lipinski definition) is 7. The van der Waals surface area contributed by atoms with Crippen LogP contribution in [0.25, 0.3) is 0 Å². The van der Waals surface area contributed by atoms with Crippen molar-refractivity contribution >= 4 is 17.9 Å². The molecule has 0 radical (unpaired) electrons. The van der Waals surface area contributed by atoms with Crippen LogP contribution in [0.2, 0.25) is 0 Å². The summed E-state index contributed by atoms with van der Waals surface area (Å²) in [5.74, 6) is 2.20. The topological polar surface area (TPSA) is 82.1 Å². The second-order valence-corrected chi connectivity index (χ2v) is 23.3. The van der Waals surface area contributed by atoms with E-state index in [4.69, 9.17) is 14.2 Å². The Labute approximate surface area is 416 Å². The van der Waals surface area contributed by atoms with Crippen molar-refractivity contribution in [2.75, 3.05) is 39.5 Å². The molecule has 0 aromatic carbocycles. The van der Waals surface area contributed by atoms with E-state index < -0.39 is 0 Å². The third-order valence-electron chi connectivity index (χ3n) is 16.5. The van der Waals surface area contributed by atoms with Crippen molar-refractivity contribution in [3.63, 3.8) is 0 Å². The highest BCUT2D eigenvalue weighted by Gasteiger charge is 2.52. The van der Waals surface area contributed by atoms with Crippen LogP contribution in [-0.4, -0.2) is 62.3 Å². The third-order valence-corrected chi connectivity index (χ3v) is 16.5. The summed E-state index contributed by atoms with van der Waals surface area (Å²) in [6, 6.07) is 0. The lowest BCUT2D eigenvalue weighted by Crippen LogP contribution is -2.47. The van der Waals surface area contributed by atoms with Gasteiger partial charge in [0.25, 0.3) is 0 Å². The number of carbonyl (C=O) groups excluding carboxylic acids is 3.